The molecule has 1 aliphatic carbocycles. The van der Waals surface area contributed by atoms with Crippen LogP contribution in [0.3, 0.4) is 0 Å². The summed E-state index contributed by atoms with van der Waals surface area (Å²) in [5.41, 5.74) is 2.82. The number of hydrogen-bond donors (Lipinski definition) is 1. The molecule has 1 N–H and O–H groups in total. The van der Waals surface area contributed by atoms with Crippen LogP contribution in [0.1, 0.15) is 29.9 Å². The number of rotatable bonds is 6. The minimum absolute atomic E-state index is 0.0332. The van der Waals surface area contributed by atoms with Crippen LogP contribution in [0.5, 0.6) is 5.75 Å². The van der Waals surface area contributed by atoms with Gasteiger partial charge in [0.15, 0.2) is 5.75 Å². The van der Waals surface area contributed by atoms with Crippen molar-refractivity contribution in [1.29, 1.82) is 0 Å². The van der Waals surface area contributed by atoms with E-state index in [1.165, 1.54) is 24.0 Å². The van der Waals surface area contributed by atoms with Crippen LogP contribution in [-0.2, 0) is 18.3 Å². The molecule has 1 aromatic heterocycles. The smallest absolute Gasteiger partial charge is 0.157 e. The van der Waals surface area contributed by atoms with Crippen LogP contribution in [0.4, 0.5) is 0 Å². The molecule has 1 saturated carbocycles. The van der Waals surface area contributed by atoms with Crippen LogP contribution in [0.15, 0.2) is 36.7 Å². The van der Waals surface area contributed by atoms with E-state index in [4.69, 9.17) is 9.47 Å². The molecule has 1 aromatic carbocycles. The summed E-state index contributed by atoms with van der Waals surface area (Å²) in [6, 6.07) is 9.14. The second kappa shape index (κ2) is 6.34. The first kappa shape index (κ1) is 14.7. The van der Waals surface area contributed by atoms with Crippen LogP contribution in [0.25, 0.3) is 0 Å². The SMILES string of the molecule is Cn1cc(O[C@@H]2COC[C@@H]2NCc2cccc(C3CC3)c2)cn1. The molecule has 0 bridgehead atoms. The lowest BCUT2D eigenvalue weighted by Gasteiger charge is -2.20. The molecule has 122 valence electrons. The van der Waals surface area contributed by atoms with Crippen molar-refractivity contribution in [3.8, 4) is 5.75 Å². The zero-order valence-corrected chi connectivity index (χ0v) is 13.4. The van der Waals surface area contributed by atoms with Crippen molar-refractivity contribution in [3.05, 3.63) is 47.8 Å². The number of ether oxygens (including phenoxy) is 2. The largest absolute Gasteiger partial charge is 0.483 e. The van der Waals surface area contributed by atoms with E-state index in [0.717, 1.165) is 18.2 Å². The van der Waals surface area contributed by atoms with Crippen LogP contribution >= 0.6 is 0 Å². The Kier molecular flexibility index (Phi) is 4.06. The van der Waals surface area contributed by atoms with Gasteiger partial charge in [-0.1, -0.05) is 24.3 Å². The third-order valence-corrected chi connectivity index (χ3v) is 4.57. The Morgan fingerprint density at radius 3 is 3.04 bits per heavy atom. The maximum atomic E-state index is 6.00. The fraction of sp³-hybridized carbons (Fsp3) is 0.500. The molecule has 0 unspecified atom stereocenters. The Hall–Kier alpha value is -1.85. The molecule has 5 heteroatoms. The molecule has 2 atom stereocenters. The Labute approximate surface area is 136 Å². The number of nitrogens with zero attached hydrogens (tertiary/aromatic N) is 2. The molecule has 2 aromatic rings. The van der Waals surface area contributed by atoms with Gasteiger partial charge in [0.05, 0.1) is 31.6 Å². The van der Waals surface area contributed by atoms with Gasteiger partial charge in [0, 0.05) is 13.6 Å². The van der Waals surface area contributed by atoms with E-state index in [1.807, 2.05) is 13.2 Å². The van der Waals surface area contributed by atoms with E-state index >= 15 is 0 Å². The lowest BCUT2D eigenvalue weighted by atomic mass is 10.1. The molecule has 2 fully saturated rings. The Morgan fingerprint density at radius 1 is 1.35 bits per heavy atom. The summed E-state index contributed by atoms with van der Waals surface area (Å²) in [6.45, 7) is 2.16. The third kappa shape index (κ3) is 3.57. The highest BCUT2D eigenvalue weighted by atomic mass is 16.5. The lowest BCUT2D eigenvalue weighted by molar-refractivity contribution is 0.139. The molecule has 4 rings (SSSR count). The monoisotopic (exact) mass is 313 g/mol. The highest BCUT2D eigenvalue weighted by molar-refractivity contribution is 5.29. The van der Waals surface area contributed by atoms with Crippen molar-refractivity contribution in [2.75, 3.05) is 13.2 Å². The first-order valence-electron chi connectivity index (χ1n) is 8.33. The molecule has 2 aliphatic rings. The van der Waals surface area contributed by atoms with Crippen molar-refractivity contribution in [1.82, 2.24) is 15.1 Å². The fourth-order valence-electron chi connectivity index (χ4n) is 3.10. The van der Waals surface area contributed by atoms with Gasteiger partial charge in [0.1, 0.15) is 6.10 Å². The molecule has 1 aliphatic heterocycles. The van der Waals surface area contributed by atoms with Crippen LogP contribution in [0.2, 0.25) is 0 Å². The van der Waals surface area contributed by atoms with E-state index in [0.29, 0.717) is 13.2 Å². The summed E-state index contributed by atoms with van der Waals surface area (Å²) in [5.74, 6) is 1.59. The van der Waals surface area contributed by atoms with Gasteiger partial charge in [-0.3, -0.25) is 4.68 Å². The topological polar surface area (TPSA) is 48.3 Å². The van der Waals surface area contributed by atoms with Crippen molar-refractivity contribution < 1.29 is 9.47 Å². The minimum atomic E-state index is 0.0332. The quantitative estimate of drug-likeness (QED) is 0.888. The molecule has 0 spiro atoms. The molecule has 2 heterocycles. The van der Waals surface area contributed by atoms with Gasteiger partial charge < -0.3 is 14.8 Å². The lowest BCUT2D eigenvalue weighted by Crippen LogP contribution is -2.41. The second-order valence-electron chi connectivity index (χ2n) is 6.55. The highest BCUT2D eigenvalue weighted by Crippen LogP contribution is 2.40. The van der Waals surface area contributed by atoms with Crippen LogP contribution in [-0.4, -0.2) is 35.1 Å². The molecular formula is C18H23N3O2. The van der Waals surface area contributed by atoms with Gasteiger partial charge in [-0.05, 0) is 29.9 Å². The number of benzene rings is 1. The van der Waals surface area contributed by atoms with Crippen LogP contribution in [0, 0.1) is 0 Å². The maximum absolute atomic E-state index is 6.00. The van der Waals surface area contributed by atoms with Crippen LogP contribution < -0.4 is 10.1 Å². The first-order chi connectivity index (χ1) is 11.3. The van der Waals surface area contributed by atoms with E-state index in [1.54, 1.807) is 10.9 Å². The van der Waals surface area contributed by atoms with Gasteiger partial charge in [-0.25, -0.2) is 0 Å². The van der Waals surface area contributed by atoms with Crippen molar-refractivity contribution >= 4 is 0 Å². The molecule has 0 radical (unpaired) electrons. The predicted molar refractivity (Wildman–Crippen MR) is 87.5 cm³/mol. The Balaban J connectivity index is 1.35. The standard InChI is InChI=1S/C18H23N3O2/c1-21-10-16(9-20-21)23-18-12-22-11-17(18)19-8-13-3-2-4-15(7-13)14-5-6-14/h2-4,7,9-10,14,17-19H,5-6,8,11-12H2,1H3/t17-,18+/m0/s1. The predicted octanol–water partition coefficient (Wildman–Crippen LogP) is 2.23. The Bertz CT molecular complexity index is 666. The summed E-state index contributed by atoms with van der Waals surface area (Å²) in [7, 11) is 1.89. The Morgan fingerprint density at radius 2 is 2.26 bits per heavy atom. The fourth-order valence-corrected chi connectivity index (χ4v) is 3.10. The first-order valence-corrected chi connectivity index (χ1v) is 8.33. The summed E-state index contributed by atoms with van der Waals surface area (Å²) in [4.78, 5) is 0. The molecule has 1 saturated heterocycles. The molecular weight excluding hydrogens is 290 g/mol. The third-order valence-electron chi connectivity index (χ3n) is 4.57. The van der Waals surface area contributed by atoms with Gasteiger partial charge in [-0.15, -0.1) is 0 Å². The summed E-state index contributed by atoms with van der Waals surface area (Å²) < 4.78 is 13.3. The average molecular weight is 313 g/mol. The average Bonchev–Trinajstić information content (AvgIpc) is 3.20. The zero-order valence-electron chi connectivity index (χ0n) is 13.4. The second-order valence-corrected chi connectivity index (χ2v) is 6.55. The van der Waals surface area contributed by atoms with Gasteiger partial charge in [0.2, 0.25) is 0 Å². The highest BCUT2D eigenvalue weighted by Gasteiger charge is 2.30. The minimum Gasteiger partial charge on any atom is -0.483 e. The van der Waals surface area contributed by atoms with Crippen molar-refractivity contribution in [3.63, 3.8) is 0 Å². The van der Waals surface area contributed by atoms with Crippen molar-refractivity contribution in [2.24, 2.45) is 7.05 Å². The summed E-state index contributed by atoms with van der Waals surface area (Å²) in [6.07, 6.45) is 6.34. The van der Waals surface area contributed by atoms with Crippen molar-refractivity contribution in [2.45, 2.75) is 37.5 Å². The number of aromatic nitrogens is 2. The van der Waals surface area contributed by atoms with Gasteiger partial charge in [-0.2, -0.15) is 5.10 Å². The number of hydrogen-bond acceptors (Lipinski definition) is 4. The van der Waals surface area contributed by atoms with Gasteiger partial charge >= 0.3 is 0 Å². The molecule has 0 amide bonds. The number of aryl methyl sites for hydroxylation is 1. The molecule has 5 nitrogen and oxygen atoms in total. The normalized spacial score (nSPS) is 24.0. The van der Waals surface area contributed by atoms with Gasteiger partial charge in [0.25, 0.3) is 0 Å². The van der Waals surface area contributed by atoms with E-state index in [2.05, 4.69) is 34.7 Å². The van der Waals surface area contributed by atoms with E-state index in [-0.39, 0.29) is 12.1 Å². The summed E-state index contributed by atoms with van der Waals surface area (Å²) in [5, 5.41) is 7.72. The summed E-state index contributed by atoms with van der Waals surface area (Å²) >= 11 is 0. The van der Waals surface area contributed by atoms with E-state index < -0.39 is 0 Å². The maximum Gasteiger partial charge on any atom is 0.157 e. The number of nitrogens with one attached hydrogen (secondary N) is 1. The zero-order chi connectivity index (χ0) is 15.6. The molecule has 23 heavy (non-hydrogen) atoms. The van der Waals surface area contributed by atoms with E-state index in [9.17, 15) is 0 Å².